The van der Waals surface area contributed by atoms with Gasteiger partial charge in [0.25, 0.3) is 5.91 Å². The molecule has 3 N–H and O–H groups in total. The third kappa shape index (κ3) is 3.98. The van der Waals surface area contributed by atoms with Crippen LogP contribution in [-0.2, 0) is 12.8 Å². The number of hydrogen-bond donors (Lipinski definition) is 3. The normalized spacial score (nSPS) is 13.4. The van der Waals surface area contributed by atoms with Crippen LogP contribution in [0.4, 0.5) is 0 Å². The standard InChI is InChI=1S/C23H23N3O4S/c1-13-10-16(12-24-25-21(28)15-6-5-7-17(27)11-15)14(2)26(13)22-20(23(29)30)18-8-3-4-9-19(18)31-22/h5-7,10-12,27H,3-4,8-9H2,1-2H3,(H,25,28)(H,29,30). The van der Waals surface area contributed by atoms with Gasteiger partial charge in [0, 0.05) is 27.4 Å². The molecule has 0 bridgehead atoms. The van der Waals surface area contributed by atoms with Crippen LogP contribution < -0.4 is 5.43 Å². The number of aryl methyl sites for hydroxylation is 2. The van der Waals surface area contributed by atoms with Crippen LogP contribution in [0.15, 0.2) is 35.4 Å². The molecule has 0 radical (unpaired) electrons. The quantitative estimate of drug-likeness (QED) is 0.411. The molecule has 0 saturated heterocycles. The minimum atomic E-state index is -0.893. The molecule has 0 aliphatic heterocycles. The maximum absolute atomic E-state index is 12.2. The smallest absolute Gasteiger partial charge is 0.339 e. The Bertz CT molecular complexity index is 1210. The third-order valence-electron chi connectivity index (χ3n) is 5.52. The van der Waals surface area contributed by atoms with E-state index in [0.29, 0.717) is 11.1 Å². The van der Waals surface area contributed by atoms with E-state index in [1.165, 1.54) is 17.0 Å². The molecule has 2 aromatic heterocycles. The molecule has 3 aromatic rings. The molecule has 2 heterocycles. The summed E-state index contributed by atoms with van der Waals surface area (Å²) >= 11 is 1.56. The number of amides is 1. The summed E-state index contributed by atoms with van der Waals surface area (Å²) in [6.45, 7) is 3.84. The van der Waals surface area contributed by atoms with E-state index in [9.17, 15) is 19.8 Å². The average Bonchev–Trinajstić information content (AvgIpc) is 3.24. The first kappa shape index (κ1) is 20.9. The molecule has 4 rings (SSSR count). The highest BCUT2D eigenvalue weighted by molar-refractivity contribution is 7.15. The highest BCUT2D eigenvalue weighted by Gasteiger charge is 2.27. The van der Waals surface area contributed by atoms with Crippen LogP contribution in [0, 0.1) is 13.8 Å². The van der Waals surface area contributed by atoms with Crippen molar-refractivity contribution in [3.8, 4) is 10.8 Å². The summed E-state index contributed by atoms with van der Waals surface area (Å²) in [5.41, 5.74) is 6.68. The molecular weight excluding hydrogens is 414 g/mol. The van der Waals surface area contributed by atoms with E-state index in [2.05, 4.69) is 10.5 Å². The summed E-state index contributed by atoms with van der Waals surface area (Å²) in [7, 11) is 0. The largest absolute Gasteiger partial charge is 0.508 e. The van der Waals surface area contributed by atoms with E-state index in [4.69, 9.17) is 0 Å². The molecule has 0 unspecified atom stereocenters. The van der Waals surface area contributed by atoms with Gasteiger partial charge in [-0.05, 0) is 69.4 Å². The fourth-order valence-electron chi connectivity index (χ4n) is 4.03. The van der Waals surface area contributed by atoms with Crippen molar-refractivity contribution in [2.24, 2.45) is 5.10 Å². The van der Waals surface area contributed by atoms with Gasteiger partial charge in [0.05, 0.1) is 11.8 Å². The lowest BCUT2D eigenvalue weighted by molar-refractivity contribution is 0.0695. The van der Waals surface area contributed by atoms with E-state index < -0.39 is 11.9 Å². The lowest BCUT2D eigenvalue weighted by Crippen LogP contribution is -2.17. The van der Waals surface area contributed by atoms with E-state index in [1.807, 2.05) is 24.5 Å². The van der Waals surface area contributed by atoms with E-state index in [1.54, 1.807) is 29.7 Å². The number of carbonyl (C=O) groups is 2. The van der Waals surface area contributed by atoms with Gasteiger partial charge in [0.2, 0.25) is 0 Å². The number of phenols is 1. The van der Waals surface area contributed by atoms with Crippen molar-refractivity contribution in [3.63, 3.8) is 0 Å². The monoisotopic (exact) mass is 437 g/mol. The minimum Gasteiger partial charge on any atom is -0.508 e. The minimum absolute atomic E-state index is 0.00746. The zero-order valence-corrected chi connectivity index (χ0v) is 18.1. The number of carboxylic acid groups (broad SMARTS) is 1. The highest BCUT2D eigenvalue weighted by Crippen LogP contribution is 2.38. The molecular formula is C23H23N3O4S. The maximum atomic E-state index is 12.2. The van der Waals surface area contributed by atoms with Gasteiger partial charge >= 0.3 is 5.97 Å². The Hall–Kier alpha value is -3.39. The summed E-state index contributed by atoms with van der Waals surface area (Å²) in [5, 5.41) is 24.2. The van der Waals surface area contributed by atoms with E-state index in [-0.39, 0.29) is 5.75 Å². The molecule has 0 saturated carbocycles. The summed E-state index contributed by atoms with van der Waals surface area (Å²) in [5.74, 6) is -1.32. The number of rotatable bonds is 5. The van der Waals surface area contributed by atoms with Crippen LogP contribution in [0.1, 0.15) is 60.9 Å². The van der Waals surface area contributed by atoms with Crippen LogP contribution in [0.3, 0.4) is 0 Å². The molecule has 1 amide bonds. The number of benzene rings is 1. The second-order valence-electron chi connectivity index (χ2n) is 7.61. The number of carboxylic acids is 1. The zero-order valence-electron chi connectivity index (χ0n) is 17.3. The molecule has 31 heavy (non-hydrogen) atoms. The number of hydrazone groups is 1. The summed E-state index contributed by atoms with van der Waals surface area (Å²) in [6.07, 6.45) is 5.39. The Kier molecular flexibility index (Phi) is 5.65. The fourth-order valence-corrected chi connectivity index (χ4v) is 5.52. The third-order valence-corrected chi connectivity index (χ3v) is 6.80. The molecule has 1 aromatic carbocycles. The molecule has 0 fully saturated rings. The maximum Gasteiger partial charge on any atom is 0.339 e. The predicted molar refractivity (Wildman–Crippen MR) is 120 cm³/mol. The molecule has 7 nitrogen and oxygen atoms in total. The van der Waals surface area contributed by atoms with Gasteiger partial charge < -0.3 is 14.8 Å². The Labute approximate surface area is 183 Å². The van der Waals surface area contributed by atoms with Crippen molar-refractivity contribution < 1.29 is 19.8 Å². The second kappa shape index (κ2) is 8.39. The topological polar surface area (TPSA) is 104 Å². The number of hydrogen-bond acceptors (Lipinski definition) is 5. The lowest BCUT2D eigenvalue weighted by Gasteiger charge is -2.11. The number of fused-ring (bicyclic) bond motifs is 1. The van der Waals surface area contributed by atoms with Gasteiger partial charge in [0.15, 0.2) is 0 Å². The lowest BCUT2D eigenvalue weighted by atomic mass is 9.95. The first-order valence-corrected chi connectivity index (χ1v) is 10.9. The number of phenolic OH excluding ortho intramolecular Hbond substituents is 1. The van der Waals surface area contributed by atoms with Crippen LogP contribution in [0.5, 0.6) is 5.75 Å². The van der Waals surface area contributed by atoms with E-state index >= 15 is 0 Å². The average molecular weight is 438 g/mol. The van der Waals surface area contributed by atoms with Gasteiger partial charge in [-0.2, -0.15) is 5.10 Å². The second-order valence-corrected chi connectivity index (χ2v) is 8.69. The van der Waals surface area contributed by atoms with Crippen LogP contribution >= 0.6 is 11.3 Å². The number of carbonyl (C=O) groups excluding carboxylic acids is 1. The van der Waals surface area contributed by atoms with Crippen molar-refractivity contribution >= 4 is 29.4 Å². The fraction of sp³-hybridized carbons (Fsp3) is 0.261. The number of thiophene rings is 1. The van der Waals surface area contributed by atoms with Crippen LogP contribution in [-0.4, -0.2) is 32.9 Å². The summed E-state index contributed by atoms with van der Waals surface area (Å²) in [6, 6.07) is 7.94. The van der Waals surface area contributed by atoms with Crippen molar-refractivity contribution in [2.75, 3.05) is 0 Å². The van der Waals surface area contributed by atoms with Crippen molar-refractivity contribution in [1.29, 1.82) is 0 Å². The number of aromatic nitrogens is 1. The van der Waals surface area contributed by atoms with Crippen molar-refractivity contribution in [2.45, 2.75) is 39.5 Å². The Morgan fingerprint density at radius 3 is 2.71 bits per heavy atom. The van der Waals surface area contributed by atoms with Gasteiger partial charge in [0.1, 0.15) is 10.8 Å². The predicted octanol–water partition coefficient (Wildman–Crippen LogP) is 4.20. The van der Waals surface area contributed by atoms with Gasteiger partial charge in [-0.1, -0.05) is 6.07 Å². The Balaban J connectivity index is 1.63. The Morgan fingerprint density at radius 2 is 1.97 bits per heavy atom. The van der Waals surface area contributed by atoms with Crippen molar-refractivity contribution in [1.82, 2.24) is 9.99 Å². The first-order valence-electron chi connectivity index (χ1n) is 10.1. The molecule has 8 heteroatoms. The summed E-state index contributed by atoms with van der Waals surface area (Å²) < 4.78 is 1.96. The first-order chi connectivity index (χ1) is 14.9. The SMILES string of the molecule is Cc1cc(C=NNC(=O)c2cccc(O)c2)c(C)n1-c1sc2c(c1C(=O)O)CCCC2. The highest BCUT2D eigenvalue weighted by atomic mass is 32.1. The van der Waals surface area contributed by atoms with Crippen molar-refractivity contribution in [3.05, 3.63) is 68.9 Å². The Morgan fingerprint density at radius 1 is 1.19 bits per heavy atom. The number of nitrogens with zero attached hydrogens (tertiary/aromatic N) is 2. The molecule has 0 atom stereocenters. The number of aromatic hydroxyl groups is 1. The number of nitrogens with one attached hydrogen (secondary N) is 1. The summed E-state index contributed by atoms with van der Waals surface area (Å²) in [4.78, 5) is 25.4. The van der Waals surface area contributed by atoms with Crippen LogP contribution in [0.25, 0.3) is 5.00 Å². The van der Waals surface area contributed by atoms with Gasteiger partial charge in [-0.15, -0.1) is 11.3 Å². The number of aromatic carboxylic acids is 1. The van der Waals surface area contributed by atoms with Gasteiger partial charge in [-0.3, -0.25) is 4.79 Å². The molecule has 0 spiro atoms. The van der Waals surface area contributed by atoms with Gasteiger partial charge in [-0.25, -0.2) is 10.2 Å². The van der Waals surface area contributed by atoms with E-state index in [0.717, 1.165) is 53.2 Å². The molecule has 1 aliphatic rings. The molecule has 1 aliphatic carbocycles. The molecule has 160 valence electrons. The zero-order chi connectivity index (χ0) is 22.1. The van der Waals surface area contributed by atoms with Crippen LogP contribution in [0.2, 0.25) is 0 Å².